The lowest BCUT2D eigenvalue weighted by Gasteiger charge is -2.29. The predicted octanol–water partition coefficient (Wildman–Crippen LogP) is 2.69. The topological polar surface area (TPSA) is 139 Å². The number of hydrogen-bond donors (Lipinski definition) is 3. The molecule has 1 aromatic heterocycles. The summed E-state index contributed by atoms with van der Waals surface area (Å²) in [5, 5.41) is 17.7. The largest absolute Gasteiger partial charge is 0.494 e. The zero-order valence-electron chi connectivity index (χ0n) is 21.1. The molecule has 0 aliphatic carbocycles. The number of pyridine rings is 1. The van der Waals surface area contributed by atoms with Gasteiger partial charge in [0.2, 0.25) is 17.7 Å². The summed E-state index contributed by atoms with van der Waals surface area (Å²) < 4.78 is 21.2. The minimum atomic E-state index is -0.688. The molecular weight excluding hydrogens is 452 g/mol. The molecule has 0 radical (unpaired) electrons. The minimum Gasteiger partial charge on any atom is -0.494 e. The number of nitrogens with zero attached hydrogens (tertiary/aromatic N) is 3. The van der Waals surface area contributed by atoms with Crippen molar-refractivity contribution in [2.45, 2.75) is 33.4 Å². The average molecular weight is 485 g/mol. The number of aliphatic imine (C=N–C) groups is 1. The Morgan fingerprint density at radius 2 is 1.74 bits per heavy atom. The van der Waals surface area contributed by atoms with Gasteiger partial charge in [0, 0.05) is 17.7 Å². The number of hydrogen-bond acceptors (Lipinski definition) is 8. The van der Waals surface area contributed by atoms with Gasteiger partial charge in [-0.2, -0.15) is 5.26 Å². The first-order valence-corrected chi connectivity index (χ1v) is 10.7. The number of benzene rings is 1. The fraction of sp³-hybridized carbons (Fsp3) is 0.417. The fourth-order valence-electron chi connectivity index (χ4n) is 3.08. The van der Waals surface area contributed by atoms with Gasteiger partial charge in [0.15, 0.2) is 17.7 Å². The molecule has 1 heterocycles. The molecule has 0 saturated carbocycles. The molecule has 2 aromatic rings. The number of carbonyl (C=O) groups is 1. The maximum absolute atomic E-state index is 12.9. The predicted molar refractivity (Wildman–Crippen MR) is 132 cm³/mol. The Labute approximate surface area is 205 Å². The van der Waals surface area contributed by atoms with Crippen LogP contribution >= 0.6 is 0 Å². The molecule has 0 aliphatic rings. The van der Waals surface area contributed by atoms with E-state index in [1.165, 1.54) is 27.5 Å². The molecule has 1 aromatic carbocycles. The lowest BCUT2D eigenvalue weighted by molar-refractivity contribution is -0.121. The molecule has 188 valence electrons. The lowest BCUT2D eigenvalue weighted by Crippen LogP contribution is -2.45. The third-order valence-electron chi connectivity index (χ3n) is 4.90. The first kappa shape index (κ1) is 27.0. The second kappa shape index (κ2) is 12.3. The number of anilines is 1. The third-order valence-corrected chi connectivity index (χ3v) is 4.90. The molecule has 11 heteroatoms. The van der Waals surface area contributed by atoms with Gasteiger partial charge < -0.3 is 29.6 Å². The van der Waals surface area contributed by atoms with Gasteiger partial charge in [-0.1, -0.05) is 26.8 Å². The first-order valence-electron chi connectivity index (χ1n) is 10.7. The van der Waals surface area contributed by atoms with Crippen molar-refractivity contribution in [3.8, 4) is 29.3 Å². The molecule has 0 saturated heterocycles. The second-order valence-corrected chi connectivity index (χ2v) is 8.44. The number of guanidine groups is 1. The molecule has 1 amide bonds. The number of nitriles is 1. The number of rotatable bonds is 9. The lowest BCUT2D eigenvalue weighted by atomic mass is 9.92. The molecule has 0 bridgehead atoms. The minimum absolute atomic E-state index is 0.0865. The van der Waals surface area contributed by atoms with E-state index in [0.29, 0.717) is 22.9 Å². The van der Waals surface area contributed by atoms with Crippen LogP contribution in [-0.4, -0.2) is 51.5 Å². The summed E-state index contributed by atoms with van der Waals surface area (Å²) in [7, 11) is 6.05. The Hall–Kier alpha value is -4.20. The third kappa shape index (κ3) is 7.40. The highest BCUT2D eigenvalue weighted by Crippen LogP contribution is 2.32. The normalized spacial score (nSPS) is 12.1. The van der Waals surface area contributed by atoms with Crippen LogP contribution in [0.2, 0.25) is 0 Å². The van der Waals surface area contributed by atoms with Crippen molar-refractivity contribution in [3.05, 3.63) is 36.0 Å². The van der Waals surface area contributed by atoms with Crippen molar-refractivity contribution in [2.24, 2.45) is 10.4 Å². The number of nitrogens with one attached hydrogen (secondary N) is 3. The van der Waals surface area contributed by atoms with Gasteiger partial charge in [0.25, 0.3) is 0 Å². The summed E-state index contributed by atoms with van der Waals surface area (Å²) >= 11 is 0. The van der Waals surface area contributed by atoms with Gasteiger partial charge in [-0.25, -0.2) is 9.98 Å². The Morgan fingerprint density at radius 1 is 1.06 bits per heavy atom. The van der Waals surface area contributed by atoms with Gasteiger partial charge in [0.05, 0.1) is 34.9 Å². The van der Waals surface area contributed by atoms with Crippen LogP contribution in [0.25, 0.3) is 0 Å². The molecular formula is C24H32N6O5. The number of ether oxygens (including phenoxy) is 4. The molecule has 11 nitrogen and oxygen atoms in total. The first-order chi connectivity index (χ1) is 16.7. The van der Waals surface area contributed by atoms with E-state index in [1.54, 1.807) is 31.4 Å². The van der Waals surface area contributed by atoms with Gasteiger partial charge in [-0.3, -0.25) is 10.1 Å². The average Bonchev–Trinajstić information content (AvgIpc) is 2.83. The number of amides is 1. The summed E-state index contributed by atoms with van der Waals surface area (Å²) in [6.45, 7) is 5.77. The highest BCUT2D eigenvalue weighted by molar-refractivity contribution is 5.97. The number of methoxy groups -OCH3 is 4. The van der Waals surface area contributed by atoms with Crippen LogP contribution in [0, 0.1) is 16.9 Å². The number of carbonyl (C=O) groups excluding carboxylic acids is 1. The molecule has 35 heavy (non-hydrogen) atoms. The van der Waals surface area contributed by atoms with Crippen molar-refractivity contribution in [1.82, 2.24) is 15.6 Å². The van der Waals surface area contributed by atoms with Gasteiger partial charge in [-0.15, -0.1) is 0 Å². The van der Waals surface area contributed by atoms with Crippen LogP contribution in [0.4, 0.5) is 5.69 Å². The standard InChI is InChI=1S/C24H32N6O5/c1-24(2,3)22(28-19(31)13-15-8-9-16(32-4)18(12-15)34-6)30-23(27-14-25)29-20-17(33-5)10-11-26-21(20)35-7/h8-12,22H,13H2,1-7H3,(H,28,31)(H2,27,29,30). The zero-order chi connectivity index (χ0) is 26.0. The SMILES string of the molecule is COc1ccc(CC(=O)NC(/N=C(\NC#N)Nc2c(OC)ccnc2OC)C(C)(C)C)cc1OC. The highest BCUT2D eigenvalue weighted by Gasteiger charge is 2.27. The maximum Gasteiger partial charge on any atom is 0.241 e. The summed E-state index contributed by atoms with van der Waals surface area (Å²) in [5.74, 6) is 1.63. The quantitative estimate of drug-likeness (QED) is 0.212. The Balaban J connectivity index is 2.31. The van der Waals surface area contributed by atoms with Crippen molar-refractivity contribution in [2.75, 3.05) is 33.8 Å². The van der Waals surface area contributed by atoms with Crippen molar-refractivity contribution < 1.29 is 23.7 Å². The molecule has 1 unspecified atom stereocenters. The van der Waals surface area contributed by atoms with E-state index >= 15 is 0 Å². The van der Waals surface area contributed by atoms with Gasteiger partial charge in [-0.05, 0) is 17.7 Å². The molecule has 0 aliphatic heterocycles. The van der Waals surface area contributed by atoms with Crippen LogP contribution in [0.5, 0.6) is 23.1 Å². The summed E-state index contributed by atoms with van der Waals surface area (Å²) in [5.41, 5.74) is 0.638. The van der Waals surface area contributed by atoms with Crippen LogP contribution < -0.4 is 34.9 Å². The van der Waals surface area contributed by atoms with Crippen molar-refractivity contribution >= 4 is 17.6 Å². The van der Waals surface area contributed by atoms with E-state index < -0.39 is 11.6 Å². The van der Waals surface area contributed by atoms with Crippen LogP contribution in [0.15, 0.2) is 35.5 Å². The maximum atomic E-state index is 12.9. The van der Waals surface area contributed by atoms with Crippen LogP contribution in [0.3, 0.4) is 0 Å². The Morgan fingerprint density at radius 3 is 2.31 bits per heavy atom. The Bertz CT molecular complexity index is 1070. The summed E-state index contributed by atoms with van der Waals surface area (Å²) in [6, 6.07) is 6.93. The van der Waals surface area contributed by atoms with E-state index in [9.17, 15) is 10.1 Å². The van der Waals surface area contributed by atoms with E-state index in [2.05, 4.69) is 25.9 Å². The second-order valence-electron chi connectivity index (χ2n) is 8.44. The molecule has 0 fully saturated rings. The van der Waals surface area contributed by atoms with Crippen LogP contribution in [0.1, 0.15) is 26.3 Å². The van der Waals surface area contributed by atoms with Crippen LogP contribution in [-0.2, 0) is 11.2 Å². The summed E-state index contributed by atoms with van der Waals surface area (Å²) in [4.78, 5) is 21.6. The van der Waals surface area contributed by atoms with E-state index in [0.717, 1.165) is 5.56 Å². The Kier molecular flexibility index (Phi) is 9.52. The smallest absolute Gasteiger partial charge is 0.241 e. The molecule has 1 atom stereocenters. The van der Waals surface area contributed by atoms with E-state index in [1.807, 2.05) is 27.0 Å². The molecule has 2 rings (SSSR count). The van der Waals surface area contributed by atoms with Gasteiger partial charge >= 0.3 is 0 Å². The van der Waals surface area contributed by atoms with Gasteiger partial charge in [0.1, 0.15) is 17.6 Å². The molecule has 0 spiro atoms. The van der Waals surface area contributed by atoms with E-state index in [4.69, 9.17) is 18.9 Å². The molecule has 3 N–H and O–H groups in total. The highest BCUT2D eigenvalue weighted by atomic mass is 16.5. The van der Waals surface area contributed by atoms with Crippen molar-refractivity contribution in [3.63, 3.8) is 0 Å². The monoisotopic (exact) mass is 484 g/mol. The zero-order valence-corrected chi connectivity index (χ0v) is 21.1. The number of aromatic nitrogens is 1. The fourth-order valence-corrected chi connectivity index (χ4v) is 3.08. The summed E-state index contributed by atoms with van der Waals surface area (Å²) in [6.07, 6.45) is 2.79. The van der Waals surface area contributed by atoms with Crippen molar-refractivity contribution in [1.29, 1.82) is 5.26 Å². The van der Waals surface area contributed by atoms with E-state index in [-0.39, 0.29) is 24.2 Å².